The van der Waals surface area contributed by atoms with Crippen LogP contribution in [0, 0.1) is 0 Å². The van der Waals surface area contributed by atoms with Crippen LogP contribution in [0.1, 0.15) is 30.4 Å². The summed E-state index contributed by atoms with van der Waals surface area (Å²) < 4.78 is 6.05. The fraction of sp³-hybridized carbons (Fsp3) is 0.250. The van der Waals surface area contributed by atoms with Gasteiger partial charge in [0.15, 0.2) is 0 Å². The number of amides is 1. The lowest BCUT2D eigenvalue weighted by molar-refractivity contribution is -0.125. The number of ether oxygens (including phenoxy) is 1. The molecule has 0 N–H and O–H groups in total. The number of piperidine rings is 1. The molecule has 1 saturated heterocycles. The maximum absolute atomic E-state index is 13.1. The van der Waals surface area contributed by atoms with Crippen LogP contribution in [-0.2, 0) is 4.79 Å². The van der Waals surface area contributed by atoms with Gasteiger partial charge in [-0.05, 0) is 37.5 Å². The highest BCUT2D eigenvalue weighted by Gasteiger charge is 2.25. The van der Waals surface area contributed by atoms with Crippen LogP contribution in [0.15, 0.2) is 48.5 Å². The van der Waals surface area contributed by atoms with Gasteiger partial charge in [-0.3, -0.25) is 4.79 Å². The zero-order valence-corrected chi connectivity index (χ0v) is 13.0. The highest BCUT2D eigenvalue weighted by atomic mass is 16.5. The van der Waals surface area contributed by atoms with Gasteiger partial charge in [0, 0.05) is 24.2 Å². The Kier molecular flexibility index (Phi) is 3.62. The minimum atomic E-state index is 0.109. The summed E-state index contributed by atoms with van der Waals surface area (Å²) in [6.45, 7) is 1.70. The maximum Gasteiger partial charge on any atom is 0.254 e. The largest absolute Gasteiger partial charge is 0.456 e. The summed E-state index contributed by atoms with van der Waals surface area (Å²) in [4.78, 5) is 15.1. The van der Waals surface area contributed by atoms with Crippen LogP contribution in [0.5, 0.6) is 11.5 Å². The molecule has 3 heteroatoms. The van der Waals surface area contributed by atoms with Crippen LogP contribution >= 0.6 is 0 Å². The van der Waals surface area contributed by atoms with Gasteiger partial charge in [-0.15, -0.1) is 0 Å². The molecule has 1 fully saturated rings. The summed E-state index contributed by atoms with van der Waals surface area (Å²) in [5, 5.41) is 0. The minimum absolute atomic E-state index is 0.109. The second-order valence-corrected chi connectivity index (χ2v) is 6.05. The van der Waals surface area contributed by atoms with Gasteiger partial charge in [0.1, 0.15) is 11.5 Å². The topological polar surface area (TPSA) is 29.5 Å². The average molecular weight is 305 g/mol. The minimum Gasteiger partial charge on any atom is -0.456 e. The monoisotopic (exact) mass is 305 g/mol. The fourth-order valence-corrected chi connectivity index (χ4v) is 3.27. The molecule has 23 heavy (non-hydrogen) atoms. The van der Waals surface area contributed by atoms with E-state index in [0.29, 0.717) is 0 Å². The molecular weight excluding hydrogens is 286 g/mol. The number of rotatable bonds is 1. The number of hydrogen-bond acceptors (Lipinski definition) is 2. The van der Waals surface area contributed by atoms with E-state index in [-0.39, 0.29) is 5.91 Å². The predicted molar refractivity (Wildman–Crippen MR) is 91.3 cm³/mol. The molecule has 116 valence electrons. The standard InChI is InChI=1S/C20H19NO2/c22-20(21-12-6-1-7-13-21)17-14-15-8-2-4-10-18(15)23-19-11-5-3-9-16(17)19/h2-5,8-11,14H,1,6-7,12-13H2. The van der Waals surface area contributed by atoms with Crippen LogP contribution in [-0.4, -0.2) is 23.9 Å². The summed E-state index contributed by atoms with van der Waals surface area (Å²) in [6.07, 6.45) is 5.37. The Labute approximate surface area is 136 Å². The van der Waals surface area contributed by atoms with Crippen molar-refractivity contribution in [2.75, 3.05) is 13.1 Å². The van der Waals surface area contributed by atoms with E-state index >= 15 is 0 Å². The van der Waals surface area contributed by atoms with Crippen molar-refractivity contribution in [2.24, 2.45) is 0 Å². The SMILES string of the molecule is O=C(C1=Cc2ccccc2Oc2ccccc21)N1CCCCC1. The van der Waals surface area contributed by atoms with E-state index in [1.807, 2.05) is 59.5 Å². The first kappa shape index (κ1) is 14.1. The summed E-state index contributed by atoms with van der Waals surface area (Å²) in [7, 11) is 0. The Balaban J connectivity index is 1.82. The van der Waals surface area contributed by atoms with Gasteiger partial charge < -0.3 is 9.64 Å². The van der Waals surface area contributed by atoms with Crippen LogP contribution in [0.3, 0.4) is 0 Å². The lowest BCUT2D eigenvalue weighted by Gasteiger charge is -2.27. The van der Waals surface area contributed by atoms with E-state index in [2.05, 4.69) is 0 Å². The second kappa shape index (κ2) is 5.92. The summed E-state index contributed by atoms with van der Waals surface area (Å²) in [5.74, 6) is 1.65. The molecule has 0 aliphatic carbocycles. The molecule has 2 aromatic carbocycles. The van der Waals surface area contributed by atoms with Crippen molar-refractivity contribution in [3.8, 4) is 11.5 Å². The van der Waals surface area contributed by atoms with Crippen LogP contribution in [0.4, 0.5) is 0 Å². The molecule has 0 saturated carbocycles. The molecular formula is C20H19NO2. The Morgan fingerprint density at radius 3 is 2.39 bits per heavy atom. The molecule has 0 aromatic heterocycles. The molecule has 0 atom stereocenters. The normalized spacial score (nSPS) is 16.5. The number of benzene rings is 2. The number of nitrogens with zero attached hydrogens (tertiary/aromatic N) is 1. The van der Waals surface area contributed by atoms with Crippen molar-refractivity contribution in [3.63, 3.8) is 0 Å². The van der Waals surface area contributed by atoms with Crippen molar-refractivity contribution in [2.45, 2.75) is 19.3 Å². The predicted octanol–water partition coefficient (Wildman–Crippen LogP) is 4.35. The summed E-state index contributed by atoms with van der Waals surface area (Å²) in [5.41, 5.74) is 2.55. The molecule has 0 unspecified atom stereocenters. The molecule has 1 amide bonds. The smallest absolute Gasteiger partial charge is 0.254 e. The number of carbonyl (C=O) groups excluding carboxylic acids is 1. The maximum atomic E-state index is 13.1. The van der Waals surface area contributed by atoms with Gasteiger partial charge in [-0.2, -0.15) is 0 Å². The number of para-hydroxylation sites is 2. The van der Waals surface area contributed by atoms with Crippen LogP contribution < -0.4 is 4.74 Å². The van der Waals surface area contributed by atoms with E-state index < -0.39 is 0 Å². The first-order chi connectivity index (χ1) is 11.3. The van der Waals surface area contributed by atoms with Crippen molar-refractivity contribution in [3.05, 3.63) is 59.7 Å². The molecule has 0 radical (unpaired) electrons. The van der Waals surface area contributed by atoms with Gasteiger partial charge in [0.05, 0.1) is 5.57 Å². The zero-order chi connectivity index (χ0) is 15.6. The molecule has 2 aromatic rings. The quantitative estimate of drug-likeness (QED) is 0.784. The number of fused-ring (bicyclic) bond motifs is 2. The number of likely N-dealkylation sites (tertiary alicyclic amines) is 1. The molecule has 0 spiro atoms. The highest BCUT2D eigenvalue weighted by molar-refractivity contribution is 6.25. The Bertz CT molecular complexity index is 773. The molecule has 2 heterocycles. The van der Waals surface area contributed by atoms with E-state index in [0.717, 1.165) is 54.1 Å². The van der Waals surface area contributed by atoms with E-state index in [4.69, 9.17) is 4.74 Å². The molecule has 3 nitrogen and oxygen atoms in total. The van der Waals surface area contributed by atoms with Gasteiger partial charge in [-0.25, -0.2) is 0 Å². The third kappa shape index (κ3) is 2.63. The average Bonchev–Trinajstić information content (AvgIpc) is 2.78. The van der Waals surface area contributed by atoms with E-state index in [9.17, 15) is 4.79 Å². The molecule has 2 aliphatic heterocycles. The molecule has 2 aliphatic rings. The lowest BCUT2D eigenvalue weighted by Crippen LogP contribution is -2.36. The van der Waals surface area contributed by atoms with Gasteiger partial charge in [0.25, 0.3) is 5.91 Å². The number of hydrogen-bond donors (Lipinski definition) is 0. The highest BCUT2D eigenvalue weighted by Crippen LogP contribution is 2.38. The second-order valence-electron chi connectivity index (χ2n) is 6.05. The van der Waals surface area contributed by atoms with Crippen molar-refractivity contribution in [1.29, 1.82) is 0 Å². The van der Waals surface area contributed by atoms with Gasteiger partial charge in [-0.1, -0.05) is 36.4 Å². The van der Waals surface area contributed by atoms with E-state index in [1.54, 1.807) is 0 Å². The Hall–Kier alpha value is -2.55. The van der Waals surface area contributed by atoms with Crippen molar-refractivity contribution >= 4 is 17.6 Å². The number of carbonyl (C=O) groups is 1. The summed E-state index contributed by atoms with van der Waals surface area (Å²) in [6, 6.07) is 15.6. The van der Waals surface area contributed by atoms with Gasteiger partial charge >= 0.3 is 0 Å². The first-order valence-corrected chi connectivity index (χ1v) is 8.20. The molecule has 0 bridgehead atoms. The summed E-state index contributed by atoms with van der Waals surface area (Å²) >= 11 is 0. The molecule has 4 rings (SSSR count). The Morgan fingerprint density at radius 1 is 0.870 bits per heavy atom. The van der Waals surface area contributed by atoms with Gasteiger partial charge in [0.2, 0.25) is 0 Å². The van der Waals surface area contributed by atoms with Crippen LogP contribution in [0.25, 0.3) is 11.6 Å². The zero-order valence-electron chi connectivity index (χ0n) is 13.0. The first-order valence-electron chi connectivity index (χ1n) is 8.20. The van der Waals surface area contributed by atoms with E-state index in [1.165, 1.54) is 6.42 Å². The van der Waals surface area contributed by atoms with Crippen LogP contribution in [0.2, 0.25) is 0 Å². The fourth-order valence-electron chi connectivity index (χ4n) is 3.27. The Morgan fingerprint density at radius 2 is 1.57 bits per heavy atom. The van der Waals surface area contributed by atoms with Crippen molar-refractivity contribution in [1.82, 2.24) is 4.90 Å². The third-order valence-electron chi connectivity index (χ3n) is 4.49. The lowest BCUT2D eigenvalue weighted by atomic mass is 10.00. The third-order valence-corrected chi connectivity index (χ3v) is 4.49. The van der Waals surface area contributed by atoms with Crippen molar-refractivity contribution < 1.29 is 9.53 Å².